The van der Waals surface area contributed by atoms with Gasteiger partial charge in [0.1, 0.15) is 0 Å². The summed E-state index contributed by atoms with van der Waals surface area (Å²) in [5, 5.41) is 0. The third-order valence-electron chi connectivity index (χ3n) is 7.99. The van der Waals surface area contributed by atoms with Crippen LogP contribution in [0.3, 0.4) is 0 Å². The van der Waals surface area contributed by atoms with E-state index in [9.17, 15) is 19.2 Å². The zero-order valence-corrected chi connectivity index (χ0v) is 18.5. The van der Waals surface area contributed by atoms with E-state index in [2.05, 4.69) is 0 Å². The highest BCUT2D eigenvalue weighted by Gasteiger charge is 2.75. The molecule has 0 aromatic heterocycles. The van der Waals surface area contributed by atoms with Crippen LogP contribution in [0.4, 0.5) is 0 Å². The Labute approximate surface area is 191 Å². The molecule has 2 amide bonds. The smallest absolute Gasteiger partial charge is 0.237 e. The van der Waals surface area contributed by atoms with E-state index in [4.69, 9.17) is 4.74 Å². The molecule has 1 spiro atoms. The normalized spacial score (nSPS) is 28.6. The van der Waals surface area contributed by atoms with Crippen molar-refractivity contribution in [2.45, 2.75) is 56.8 Å². The molecule has 6 nitrogen and oxygen atoms in total. The fraction of sp³-hybridized carbons (Fsp3) is 0.407. The topological polar surface area (TPSA) is 80.8 Å². The summed E-state index contributed by atoms with van der Waals surface area (Å²) in [5.74, 6) is -3.76. The summed E-state index contributed by atoms with van der Waals surface area (Å²) in [6.07, 6.45) is 3.71. The second kappa shape index (κ2) is 7.19. The molecule has 1 saturated carbocycles. The van der Waals surface area contributed by atoms with Crippen molar-refractivity contribution >= 4 is 23.4 Å². The molecule has 4 aliphatic rings. The Kier molecular flexibility index (Phi) is 4.46. The molecule has 33 heavy (non-hydrogen) atoms. The zero-order valence-electron chi connectivity index (χ0n) is 18.5. The number of benzene rings is 2. The number of aryl methyl sites for hydroxylation is 1. The number of ketones is 2. The van der Waals surface area contributed by atoms with Gasteiger partial charge in [0.25, 0.3) is 0 Å². The Hall–Kier alpha value is -3.12. The third-order valence-corrected chi connectivity index (χ3v) is 7.99. The lowest BCUT2D eigenvalue weighted by Crippen LogP contribution is -2.52. The number of ether oxygens (including phenoxy) is 1. The van der Waals surface area contributed by atoms with Crippen molar-refractivity contribution in [2.24, 2.45) is 11.8 Å². The van der Waals surface area contributed by atoms with Crippen molar-refractivity contribution in [1.29, 1.82) is 0 Å². The third kappa shape index (κ3) is 2.58. The standard InChI is InChI=1S/C27H25NO5/c1-15-9-5-6-12-17(15)22-20-21(26(32)28(25(20)31)16-10-3-2-4-11-16)27(33-22)23(29)18-13-7-8-14-19(18)24(27)30/h5-9,12-14,16,20-22H,2-4,10-11H2,1H3/t20-,21-,22-/m0/s1. The first-order chi connectivity index (χ1) is 16.0. The van der Waals surface area contributed by atoms with Gasteiger partial charge in [0.05, 0.1) is 17.9 Å². The zero-order chi connectivity index (χ0) is 22.9. The van der Waals surface area contributed by atoms with Crippen molar-refractivity contribution in [2.75, 3.05) is 0 Å². The highest BCUT2D eigenvalue weighted by atomic mass is 16.5. The monoisotopic (exact) mass is 443 g/mol. The number of carbonyl (C=O) groups is 4. The van der Waals surface area contributed by atoms with E-state index in [1.807, 2.05) is 31.2 Å². The van der Waals surface area contributed by atoms with Gasteiger partial charge in [0.2, 0.25) is 29.0 Å². The fourth-order valence-electron chi connectivity index (χ4n) is 6.43. The summed E-state index contributed by atoms with van der Waals surface area (Å²) in [7, 11) is 0. The number of nitrogens with zero attached hydrogens (tertiary/aromatic N) is 1. The molecule has 2 saturated heterocycles. The van der Waals surface area contributed by atoms with Gasteiger partial charge >= 0.3 is 0 Å². The van der Waals surface area contributed by atoms with Gasteiger partial charge in [-0.15, -0.1) is 0 Å². The van der Waals surface area contributed by atoms with Crippen LogP contribution in [0.5, 0.6) is 0 Å². The van der Waals surface area contributed by atoms with Gasteiger partial charge in [-0.1, -0.05) is 67.8 Å². The van der Waals surface area contributed by atoms with E-state index in [1.165, 1.54) is 4.90 Å². The summed E-state index contributed by atoms with van der Waals surface area (Å²) in [6.45, 7) is 1.91. The number of Topliss-reactive ketones (excluding diaryl/α,β-unsaturated/α-hetero) is 2. The summed E-state index contributed by atoms with van der Waals surface area (Å²) < 4.78 is 6.36. The fourth-order valence-corrected chi connectivity index (χ4v) is 6.43. The number of rotatable bonds is 2. The molecular formula is C27H25NO5. The lowest BCUT2D eigenvalue weighted by atomic mass is 9.77. The molecule has 2 aliphatic carbocycles. The Morgan fingerprint density at radius 3 is 2.06 bits per heavy atom. The highest BCUT2D eigenvalue weighted by molar-refractivity contribution is 6.35. The molecule has 0 radical (unpaired) electrons. The van der Waals surface area contributed by atoms with Crippen LogP contribution in [-0.2, 0) is 14.3 Å². The van der Waals surface area contributed by atoms with E-state index in [0.717, 1.165) is 43.2 Å². The number of carbonyl (C=O) groups excluding carboxylic acids is 4. The lowest BCUT2D eigenvalue weighted by molar-refractivity contribution is -0.148. The van der Waals surface area contributed by atoms with Gasteiger partial charge in [0, 0.05) is 17.2 Å². The van der Waals surface area contributed by atoms with Gasteiger partial charge in [-0.3, -0.25) is 24.1 Å². The van der Waals surface area contributed by atoms with Crippen LogP contribution in [-0.4, -0.2) is 39.9 Å². The van der Waals surface area contributed by atoms with Crippen molar-refractivity contribution in [1.82, 2.24) is 4.90 Å². The molecule has 3 fully saturated rings. The first-order valence-corrected chi connectivity index (χ1v) is 11.8. The second-order valence-corrected chi connectivity index (χ2v) is 9.68. The van der Waals surface area contributed by atoms with Crippen LogP contribution in [0.25, 0.3) is 0 Å². The van der Waals surface area contributed by atoms with Gasteiger partial charge < -0.3 is 4.74 Å². The second-order valence-electron chi connectivity index (χ2n) is 9.68. The van der Waals surface area contributed by atoms with Crippen molar-refractivity contribution in [3.05, 3.63) is 70.8 Å². The SMILES string of the molecule is Cc1ccccc1[C@@H]1OC2(C(=O)c3ccccc3C2=O)[C@@H]2C(=O)N(C3CCCCC3)C(=O)[C@@H]21. The number of hydrogen-bond donors (Lipinski definition) is 0. The molecule has 2 aromatic carbocycles. The number of hydrogen-bond acceptors (Lipinski definition) is 5. The van der Waals surface area contributed by atoms with E-state index in [0.29, 0.717) is 0 Å². The molecule has 2 aromatic rings. The highest BCUT2D eigenvalue weighted by Crippen LogP contribution is 2.58. The molecule has 2 aliphatic heterocycles. The summed E-state index contributed by atoms with van der Waals surface area (Å²) in [4.78, 5) is 56.6. The molecule has 6 heteroatoms. The predicted octanol–water partition coefficient (Wildman–Crippen LogP) is 3.82. The molecule has 168 valence electrons. The predicted molar refractivity (Wildman–Crippen MR) is 119 cm³/mol. The van der Waals surface area contributed by atoms with Crippen LogP contribution >= 0.6 is 0 Å². The molecule has 0 N–H and O–H groups in total. The number of likely N-dealkylation sites (tertiary alicyclic amines) is 1. The Morgan fingerprint density at radius 2 is 1.42 bits per heavy atom. The van der Waals surface area contributed by atoms with E-state index < -0.39 is 41.0 Å². The minimum Gasteiger partial charge on any atom is -0.349 e. The van der Waals surface area contributed by atoms with Crippen molar-refractivity contribution in [3.8, 4) is 0 Å². The van der Waals surface area contributed by atoms with Crippen LogP contribution in [0, 0.1) is 18.8 Å². The molecule has 2 heterocycles. The van der Waals surface area contributed by atoms with Crippen LogP contribution in [0.1, 0.15) is 70.1 Å². The van der Waals surface area contributed by atoms with E-state index in [1.54, 1.807) is 24.3 Å². The summed E-state index contributed by atoms with van der Waals surface area (Å²) in [6, 6.07) is 13.9. The molecule has 0 unspecified atom stereocenters. The summed E-state index contributed by atoms with van der Waals surface area (Å²) >= 11 is 0. The average molecular weight is 443 g/mol. The van der Waals surface area contributed by atoms with Gasteiger partial charge in [0.15, 0.2) is 0 Å². The lowest BCUT2D eigenvalue weighted by Gasteiger charge is -2.33. The Morgan fingerprint density at radius 1 is 0.818 bits per heavy atom. The molecular weight excluding hydrogens is 418 g/mol. The van der Waals surface area contributed by atoms with Crippen molar-refractivity contribution < 1.29 is 23.9 Å². The first kappa shape index (κ1) is 20.5. The molecule has 3 atom stereocenters. The average Bonchev–Trinajstić information content (AvgIpc) is 3.40. The Balaban J connectivity index is 1.52. The first-order valence-electron chi connectivity index (χ1n) is 11.8. The maximum Gasteiger partial charge on any atom is 0.237 e. The minimum absolute atomic E-state index is 0.173. The number of amides is 2. The van der Waals surface area contributed by atoms with Crippen LogP contribution in [0.2, 0.25) is 0 Å². The number of imide groups is 1. The number of fused-ring (bicyclic) bond motifs is 3. The molecule has 0 bridgehead atoms. The van der Waals surface area contributed by atoms with Crippen LogP contribution in [0.15, 0.2) is 48.5 Å². The van der Waals surface area contributed by atoms with Gasteiger partial charge in [-0.2, -0.15) is 0 Å². The largest absolute Gasteiger partial charge is 0.349 e. The molecule has 6 rings (SSSR count). The van der Waals surface area contributed by atoms with Crippen LogP contribution < -0.4 is 0 Å². The maximum absolute atomic E-state index is 13.9. The van der Waals surface area contributed by atoms with Gasteiger partial charge in [-0.25, -0.2) is 0 Å². The van der Waals surface area contributed by atoms with Crippen molar-refractivity contribution in [3.63, 3.8) is 0 Å². The van der Waals surface area contributed by atoms with Gasteiger partial charge in [-0.05, 0) is 30.9 Å². The van der Waals surface area contributed by atoms with E-state index >= 15 is 0 Å². The minimum atomic E-state index is -1.97. The summed E-state index contributed by atoms with van der Waals surface area (Å²) in [5.41, 5.74) is 0.195. The van der Waals surface area contributed by atoms with E-state index in [-0.39, 0.29) is 23.1 Å². The maximum atomic E-state index is 13.9. The Bertz CT molecular complexity index is 1180. The quantitative estimate of drug-likeness (QED) is 0.521.